The van der Waals surface area contributed by atoms with Crippen molar-refractivity contribution >= 4 is 43.9 Å². The first-order valence-electron chi connectivity index (χ1n) is 11.0. The molecule has 4 heterocycles. The van der Waals surface area contributed by atoms with E-state index >= 15 is 0 Å². The second-order valence-electron chi connectivity index (χ2n) is 9.66. The second kappa shape index (κ2) is 8.31. The summed E-state index contributed by atoms with van der Waals surface area (Å²) in [5.74, 6) is 0.280. The number of aromatic nitrogens is 4. The number of carbonyl (C=O) groups excluding carboxylic acids is 1. The van der Waals surface area contributed by atoms with Gasteiger partial charge in [-0.1, -0.05) is 32.1 Å². The fourth-order valence-electron chi connectivity index (χ4n) is 4.55. The van der Waals surface area contributed by atoms with E-state index in [-0.39, 0.29) is 29.5 Å². The summed E-state index contributed by atoms with van der Waals surface area (Å²) in [5.41, 5.74) is 1.23. The lowest BCUT2D eigenvalue weighted by atomic mass is 9.72. The molecule has 0 spiro atoms. The minimum atomic E-state index is -0.319. The van der Waals surface area contributed by atoms with Crippen LogP contribution < -0.4 is 10.9 Å². The fraction of sp³-hybridized carbons (Fsp3) is 0.591. The predicted octanol–water partition coefficient (Wildman–Crippen LogP) is 3.95. The summed E-state index contributed by atoms with van der Waals surface area (Å²) in [5, 5.41) is 12.8. The lowest BCUT2D eigenvalue weighted by molar-refractivity contribution is -0.116. The topological polar surface area (TPSA) is 99.0 Å². The van der Waals surface area contributed by atoms with Gasteiger partial charge in [0.15, 0.2) is 0 Å². The first kappa shape index (κ1) is 21.7. The summed E-state index contributed by atoms with van der Waals surface area (Å²) in [6, 6.07) is 0. The molecule has 32 heavy (non-hydrogen) atoms. The van der Waals surface area contributed by atoms with Crippen LogP contribution in [0, 0.1) is 11.3 Å². The van der Waals surface area contributed by atoms with E-state index in [0.29, 0.717) is 16.4 Å². The monoisotopic (exact) mass is 473 g/mol. The number of anilines is 1. The molecule has 0 radical (unpaired) electrons. The standard InChI is InChI=1S/C22H27N5O3S2/c1-22(2,3)12-6-7-13-15(9-12)31-19-17(13)20(29)27(11-23-19)10-16(28)24-21-26-25-18(32-21)14-5-4-8-30-14/h11-12,14H,4-10H2,1-3H3,(H,24,26,28). The predicted molar refractivity (Wildman–Crippen MR) is 125 cm³/mol. The number of fused-ring (bicyclic) bond motifs is 3. The van der Waals surface area contributed by atoms with Crippen molar-refractivity contribution in [2.75, 3.05) is 11.9 Å². The average molecular weight is 474 g/mol. The Morgan fingerprint density at radius 3 is 2.88 bits per heavy atom. The van der Waals surface area contributed by atoms with Crippen LogP contribution in [0.2, 0.25) is 0 Å². The van der Waals surface area contributed by atoms with E-state index in [0.717, 1.165) is 54.1 Å². The molecule has 3 aromatic rings. The van der Waals surface area contributed by atoms with E-state index in [4.69, 9.17) is 4.74 Å². The van der Waals surface area contributed by atoms with E-state index in [1.54, 1.807) is 11.3 Å². The van der Waals surface area contributed by atoms with Crippen LogP contribution in [0.25, 0.3) is 10.2 Å². The number of hydrogen-bond acceptors (Lipinski definition) is 8. The quantitative estimate of drug-likeness (QED) is 0.616. The molecule has 1 aliphatic heterocycles. The lowest BCUT2D eigenvalue weighted by Gasteiger charge is -2.33. The van der Waals surface area contributed by atoms with Gasteiger partial charge in [0.05, 0.1) is 11.7 Å². The minimum absolute atomic E-state index is 0.0324. The Balaban J connectivity index is 1.33. The Labute approximate surface area is 194 Å². The highest BCUT2D eigenvalue weighted by molar-refractivity contribution is 7.18. The van der Waals surface area contributed by atoms with Crippen molar-refractivity contribution < 1.29 is 9.53 Å². The summed E-state index contributed by atoms with van der Waals surface area (Å²) in [6.07, 6.45) is 6.33. The zero-order valence-corrected chi connectivity index (χ0v) is 20.1. The van der Waals surface area contributed by atoms with E-state index in [1.807, 2.05) is 0 Å². The van der Waals surface area contributed by atoms with Gasteiger partial charge in [0.25, 0.3) is 5.56 Å². The molecule has 3 aromatic heterocycles. The number of aryl methyl sites for hydroxylation is 1. The molecule has 1 aliphatic carbocycles. The van der Waals surface area contributed by atoms with Crippen LogP contribution >= 0.6 is 22.7 Å². The number of nitrogens with zero attached hydrogens (tertiary/aromatic N) is 4. The normalized spacial score (nSPS) is 21.1. The van der Waals surface area contributed by atoms with Gasteiger partial charge < -0.3 is 4.74 Å². The molecule has 1 amide bonds. The molecule has 0 bridgehead atoms. The number of ether oxygens (including phenoxy) is 1. The Kier molecular flexibility index (Phi) is 5.63. The summed E-state index contributed by atoms with van der Waals surface area (Å²) in [4.78, 5) is 32.4. The first-order chi connectivity index (χ1) is 15.3. The molecule has 8 nitrogen and oxygen atoms in total. The van der Waals surface area contributed by atoms with Crippen LogP contribution in [0.5, 0.6) is 0 Å². The maximum absolute atomic E-state index is 13.2. The summed E-state index contributed by atoms with van der Waals surface area (Å²) in [7, 11) is 0. The van der Waals surface area contributed by atoms with E-state index in [1.165, 1.54) is 27.1 Å². The summed E-state index contributed by atoms with van der Waals surface area (Å²) < 4.78 is 7.01. The van der Waals surface area contributed by atoms with E-state index < -0.39 is 0 Å². The Morgan fingerprint density at radius 2 is 2.12 bits per heavy atom. The third kappa shape index (κ3) is 4.11. The third-order valence-electron chi connectivity index (χ3n) is 6.47. The molecular weight excluding hydrogens is 446 g/mol. The molecule has 2 unspecified atom stereocenters. The molecule has 1 N–H and O–H groups in total. The van der Waals surface area contributed by atoms with Gasteiger partial charge in [0.2, 0.25) is 11.0 Å². The molecule has 2 atom stereocenters. The van der Waals surface area contributed by atoms with Crippen molar-refractivity contribution in [3.63, 3.8) is 0 Å². The molecule has 170 valence electrons. The molecule has 10 heteroatoms. The molecular formula is C22H27N5O3S2. The van der Waals surface area contributed by atoms with Crippen molar-refractivity contribution in [1.82, 2.24) is 19.7 Å². The van der Waals surface area contributed by atoms with Gasteiger partial charge >= 0.3 is 0 Å². The first-order valence-corrected chi connectivity index (χ1v) is 12.7. The Morgan fingerprint density at radius 1 is 1.28 bits per heavy atom. The largest absolute Gasteiger partial charge is 0.371 e. The van der Waals surface area contributed by atoms with Crippen molar-refractivity contribution in [3.05, 3.63) is 32.1 Å². The molecule has 1 fully saturated rings. The molecule has 2 aliphatic rings. The number of thiophene rings is 1. The number of hydrogen-bond donors (Lipinski definition) is 1. The fourth-order valence-corrected chi connectivity index (χ4v) is 6.66. The van der Waals surface area contributed by atoms with Crippen LogP contribution in [-0.2, 0) is 28.9 Å². The van der Waals surface area contributed by atoms with Gasteiger partial charge in [-0.05, 0) is 49.0 Å². The van der Waals surface area contributed by atoms with Gasteiger partial charge in [0, 0.05) is 11.5 Å². The van der Waals surface area contributed by atoms with Crippen LogP contribution in [-0.4, -0.2) is 32.3 Å². The van der Waals surface area contributed by atoms with Gasteiger partial charge in [-0.25, -0.2) is 4.98 Å². The van der Waals surface area contributed by atoms with Gasteiger partial charge in [-0.3, -0.25) is 19.5 Å². The average Bonchev–Trinajstić information content (AvgIpc) is 3.47. The van der Waals surface area contributed by atoms with E-state index in [9.17, 15) is 9.59 Å². The highest BCUT2D eigenvalue weighted by atomic mass is 32.1. The van der Waals surface area contributed by atoms with Crippen molar-refractivity contribution in [1.29, 1.82) is 0 Å². The van der Waals surface area contributed by atoms with Crippen molar-refractivity contribution in [2.24, 2.45) is 11.3 Å². The number of carbonyl (C=O) groups is 1. The number of rotatable bonds is 4. The van der Waals surface area contributed by atoms with Crippen LogP contribution in [0.15, 0.2) is 11.1 Å². The Hall–Kier alpha value is -2.17. The second-order valence-corrected chi connectivity index (χ2v) is 11.8. The molecule has 5 rings (SSSR count). The molecule has 1 saturated heterocycles. The van der Waals surface area contributed by atoms with Crippen LogP contribution in [0.4, 0.5) is 5.13 Å². The third-order valence-corrected chi connectivity index (χ3v) is 8.56. The van der Waals surface area contributed by atoms with Gasteiger partial charge in [-0.15, -0.1) is 21.5 Å². The number of amides is 1. The van der Waals surface area contributed by atoms with Crippen molar-refractivity contribution in [2.45, 2.75) is 65.5 Å². The zero-order chi connectivity index (χ0) is 22.5. The minimum Gasteiger partial charge on any atom is -0.371 e. The van der Waals surface area contributed by atoms with Crippen LogP contribution in [0.3, 0.4) is 0 Å². The van der Waals surface area contributed by atoms with E-state index in [2.05, 4.69) is 41.3 Å². The van der Waals surface area contributed by atoms with Gasteiger partial charge in [0.1, 0.15) is 22.5 Å². The summed E-state index contributed by atoms with van der Waals surface area (Å²) in [6.45, 7) is 7.46. The van der Waals surface area contributed by atoms with Gasteiger partial charge in [-0.2, -0.15) is 0 Å². The maximum atomic E-state index is 13.2. The molecule has 0 aromatic carbocycles. The lowest BCUT2D eigenvalue weighted by Crippen LogP contribution is -2.29. The smallest absolute Gasteiger partial charge is 0.262 e. The molecule has 0 saturated carbocycles. The maximum Gasteiger partial charge on any atom is 0.262 e. The van der Waals surface area contributed by atoms with Crippen LogP contribution in [0.1, 0.15) is 61.6 Å². The highest BCUT2D eigenvalue weighted by Crippen LogP contribution is 2.42. The Bertz CT molecular complexity index is 1220. The van der Waals surface area contributed by atoms with Crippen molar-refractivity contribution in [3.8, 4) is 0 Å². The zero-order valence-electron chi connectivity index (χ0n) is 18.5. The SMILES string of the molecule is CC(C)(C)C1CCc2c(sc3ncn(CC(=O)Nc4nnc(C5CCCO5)s4)c(=O)c23)C1. The summed E-state index contributed by atoms with van der Waals surface area (Å²) >= 11 is 2.94. The highest BCUT2D eigenvalue weighted by Gasteiger charge is 2.32. The number of nitrogens with one attached hydrogen (secondary N) is 1.